The molecule has 0 atom stereocenters. The number of carbonyl (C=O) groups excluding carboxylic acids is 1. The van der Waals surface area contributed by atoms with Gasteiger partial charge in [0.15, 0.2) is 0 Å². The Morgan fingerprint density at radius 3 is 2.17 bits per heavy atom. The second kappa shape index (κ2) is 7.04. The minimum absolute atomic E-state index is 0.0398. The lowest BCUT2D eigenvalue weighted by atomic mass is 10.0. The molecule has 0 spiro atoms. The minimum Gasteiger partial charge on any atom is -0.376 e. The SMILES string of the molecule is CCc1cccc(CC)c1NCC(=O)NC(C)C. The van der Waals surface area contributed by atoms with Gasteiger partial charge in [-0.1, -0.05) is 32.0 Å². The molecule has 1 aromatic carbocycles. The van der Waals surface area contributed by atoms with E-state index in [0.29, 0.717) is 6.54 Å². The molecule has 18 heavy (non-hydrogen) atoms. The number of anilines is 1. The van der Waals surface area contributed by atoms with Crippen molar-refractivity contribution in [1.82, 2.24) is 5.32 Å². The number of para-hydroxylation sites is 1. The lowest BCUT2D eigenvalue weighted by Gasteiger charge is -2.16. The predicted octanol–water partition coefficient (Wildman–Crippen LogP) is 2.75. The van der Waals surface area contributed by atoms with Crippen molar-refractivity contribution in [3.63, 3.8) is 0 Å². The largest absolute Gasteiger partial charge is 0.376 e. The van der Waals surface area contributed by atoms with Gasteiger partial charge in [-0.25, -0.2) is 0 Å². The van der Waals surface area contributed by atoms with Crippen molar-refractivity contribution >= 4 is 11.6 Å². The van der Waals surface area contributed by atoms with Crippen molar-refractivity contribution in [3.8, 4) is 0 Å². The maximum atomic E-state index is 11.7. The van der Waals surface area contributed by atoms with Crippen molar-refractivity contribution < 1.29 is 4.79 Å². The molecule has 0 saturated heterocycles. The van der Waals surface area contributed by atoms with Gasteiger partial charge in [-0.3, -0.25) is 4.79 Å². The predicted molar refractivity (Wildman–Crippen MR) is 77.0 cm³/mol. The third-order valence-corrected chi connectivity index (χ3v) is 2.87. The zero-order chi connectivity index (χ0) is 13.5. The summed E-state index contributed by atoms with van der Waals surface area (Å²) in [6, 6.07) is 6.49. The van der Waals surface area contributed by atoms with Crippen LogP contribution in [0.15, 0.2) is 18.2 Å². The summed E-state index contributed by atoms with van der Waals surface area (Å²) in [4.78, 5) is 11.7. The molecule has 2 N–H and O–H groups in total. The smallest absolute Gasteiger partial charge is 0.239 e. The van der Waals surface area contributed by atoms with E-state index < -0.39 is 0 Å². The summed E-state index contributed by atoms with van der Waals surface area (Å²) in [6.45, 7) is 8.54. The summed E-state index contributed by atoms with van der Waals surface area (Å²) in [5.41, 5.74) is 3.67. The quantitative estimate of drug-likeness (QED) is 0.812. The summed E-state index contributed by atoms with van der Waals surface area (Å²) in [5.74, 6) is 0.0398. The molecule has 3 heteroatoms. The molecule has 0 fully saturated rings. The van der Waals surface area contributed by atoms with Gasteiger partial charge in [-0.2, -0.15) is 0 Å². The first-order valence-corrected chi connectivity index (χ1v) is 6.72. The molecule has 0 aliphatic heterocycles. The van der Waals surface area contributed by atoms with E-state index >= 15 is 0 Å². The zero-order valence-electron chi connectivity index (χ0n) is 11.8. The van der Waals surface area contributed by atoms with Gasteiger partial charge < -0.3 is 10.6 Å². The van der Waals surface area contributed by atoms with E-state index in [4.69, 9.17) is 0 Å². The molecule has 0 aromatic heterocycles. The lowest BCUT2D eigenvalue weighted by Crippen LogP contribution is -2.35. The molecule has 3 nitrogen and oxygen atoms in total. The maximum absolute atomic E-state index is 11.7. The van der Waals surface area contributed by atoms with Gasteiger partial charge in [0.25, 0.3) is 0 Å². The van der Waals surface area contributed by atoms with Crippen molar-refractivity contribution in [2.24, 2.45) is 0 Å². The number of benzene rings is 1. The molecule has 1 amide bonds. The van der Waals surface area contributed by atoms with Crippen LogP contribution in [0, 0.1) is 0 Å². The van der Waals surface area contributed by atoms with Crippen LogP contribution >= 0.6 is 0 Å². The van der Waals surface area contributed by atoms with E-state index in [0.717, 1.165) is 18.5 Å². The highest BCUT2D eigenvalue weighted by molar-refractivity contribution is 5.81. The second-order valence-corrected chi connectivity index (χ2v) is 4.73. The lowest BCUT2D eigenvalue weighted by molar-refractivity contribution is -0.119. The highest BCUT2D eigenvalue weighted by Gasteiger charge is 2.08. The third kappa shape index (κ3) is 4.06. The van der Waals surface area contributed by atoms with Crippen LogP contribution in [0.2, 0.25) is 0 Å². The molecule has 100 valence electrons. The van der Waals surface area contributed by atoms with Crippen molar-refractivity contribution in [2.75, 3.05) is 11.9 Å². The first-order valence-electron chi connectivity index (χ1n) is 6.72. The first kappa shape index (κ1) is 14.6. The molecule has 0 heterocycles. The number of aryl methyl sites for hydroxylation is 2. The van der Waals surface area contributed by atoms with Crippen LogP contribution in [0.1, 0.15) is 38.8 Å². The van der Waals surface area contributed by atoms with E-state index in [1.165, 1.54) is 11.1 Å². The van der Waals surface area contributed by atoms with E-state index in [9.17, 15) is 4.79 Å². The fourth-order valence-corrected chi connectivity index (χ4v) is 2.01. The molecule has 0 unspecified atom stereocenters. The Kier molecular flexibility index (Phi) is 5.69. The summed E-state index contributed by atoms with van der Waals surface area (Å²) in [5, 5.41) is 6.16. The van der Waals surface area contributed by atoms with Crippen molar-refractivity contribution in [3.05, 3.63) is 29.3 Å². The zero-order valence-corrected chi connectivity index (χ0v) is 11.8. The van der Waals surface area contributed by atoms with Crippen LogP contribution in [0.4, 0.5) is 5.69 Å². The molecular weight excluding hydrogens is 224 g/mol. The molecule has 0 saturated carbocycles. The van der Waals surface area contributed by atoms with E-state index in [1.807, 2.05) is 13.8 Å². The maximum Gasteiger partial charge on any atom is 0.239 e. The van der Waals surface area contributed by atoms with E-state index in [-0.39, 0.29) is 11.9 Å². The van der Waals surface area contributed by atoms with Gasteiger partial charge in [-0.15, -0.1) is 0 Å². The Hall–Kier alpha value is -1.51. The Morgan fingerprint density at radius 2 is 1.72 bits per heavy atom. The normalized spacial score (nSPS) is 10.5. The van der Waals surface area contributed by atoms with Gasteiger partial charge in [0.2, 0.25) is 5.91 Å². The summed E-state index contributed by atoms with van der Waals surface area (Å²) < 4.78 is 0. The monoisotopic (exact) mass is 248 g/mol. The van der Waals surface area contributed by atoms with E-state index in [2.05, 4.69) is 42.7 Å². The van der Waals surface area contributed by atoms with Gasteiger partial charge in [0, 0.05) is 11.7 Å². The molecule has 0 aliphatic carbocycles. The molecule has 0 aliphatic rings. The molecule has 0 radical (unpaired) electrons. The number of carbonyl (C=O) groups is 1. The average molecular weight is 248 g/mol. The Bertz CT molecular complexity index is 377. The molecular formula is C15H24N2O. The number of hydrogen-bond acceptors (Lipinski definition) is 2. The van der Waals surface area contributed by atoms with Crippen LogP contribution in [-0.2, 0) is 17.6 Å². The summed E-state index contributed by atoms with van der Waals surface area (Å²) >= 11 is 0. The van der Waals surface area contributed by atoms with Crippen molar-refractivity contribution in [2.45, 2.75) is 46.6 Å². The Labute approximate surface area is 110 Å². The van der Waals surface area contributed by atoms with Crippen LogP contribution in [-0.4, -0.2) is 18.5 Å². The first-order chi connectivity index (χ1) is 8.58. The third-order valence-electron chi connectivity index (χ3n) is 2.87. The van der Waals surface area contributed by atoms with Gasteiger partial charge in [0.1, 0.15) is 0 Å². The number of rotatable bonds is 6. The van der Waals surface area contributed by atoms with E-state index in [1.54, 1.807) is 0 Å². The Balaban J connectivity index is 2.74. The number of hydrogen-bond donors (Lipinski definition) is 2. The number of nitrogens with one attached hydrogen (secondary N) is 2. The standard InChI is InChI=1S/C15H24N2O/c1-5-12-8-7-9-13(6-2)15(12)16-10-14(18)17-11(3)4/h7-9,11,16H,5-6,10H2,1-4H3,(H,17,18). The van der Waals surface area contributed by atoms with Crippen LogP contribution in [0.3, 0.4) is 0 Å². The fraction of sp³-hybridized carbons (Fsp3) is 0.533. The van der Waals surface area contributed by atoms with Crippen LogP contribution in [0.25, 0.3) is 0 Å². The summed E-state index contributed by atoms with van der Waals surface area (Å²) in [7, 11) is 0. The van der Waals surface area contributed by atoms with Crippen molar-refractivity contribution in [1.29, 1.82) is 0 Å². The molecule has 0 bridgehead atoms. The van der Waals surface area contributed by atoms with Gasteiger partial charge in [-0.05, 0) is 37.8 Å². The number of amides is 1. The average Bonchev–Trinajstić information content (AvgIpc) is 2.34. The minimum atomic E-state index is 0.0398. The summed E-state index contributed by atoms with van der Waals surface area (Å²) in [6.07, 6.45) is 1.95. The van der Waals surface area contributed by atoms with Crippen LogP contribution < -0.4 is 10.6 Å². The fourth-order valence-electron chi connectivity index (χ4n) is 2.01. The van der Waals surface area contributed by atoms with Gasteiger partial charge >= 0.3 is 0 Å². The topological polar surface area (TPSA) is 41.1 Å². The van der Waals surface area contributed by atoms with Crippen LogP contribution in [0.5, 0.6) is 0 Å². The Morgan fingerprint density at radius 1 is 1.17 bits per heavy atom. The molecule has 1 aromatic rings. The highest BCUT2D eigenvalue weighted by Crippen LogP contribution is 2.22. The van der Waals surface area contributed by atoms with Gasteiger partial charge in [0.05, 0.1) is 6.54 Å². The molecule has 1 rings (SSSR count). The second-order valence-electron chi connectivity index (χ2n) is 4.73. The highest BCUT2D eigenvalue weighted by atomic mass is 16.1.